The smallest absolute Gasteiger partial charge is 0.0659 e. The van der Waals surface area contributed by atoms with Crippen molar-refractivity contribution in [3.63, 3.8) is 0 Å². The van der Waals surface area contributed by atoms with Gasteiger partial charge >= 0.3 is 0 Å². The third kappa shape index (κ3) is 3.20. The molecule has 3 nitrogen and oxygen atoms in total. The van der Waals surface area contributed by atoms with Gasteiger partial charge in [0, 0.05) is 17.8 Å². The minimum atomic E-state index is 0.416. The van der Waals surface area contributed by atoms with Gasteiger partial charge in [-0.05, 0) is 18.5 Å². The number of nitrogens with one attached hydrogen (secondary N) is 1. The van der Waals surface area contributed by atoms with Crippen LogP contribution in [0.5, 0.6) is 0 Å². The normalized spacial score (nSPS) is 12.6. The van der Waals surface area contributed by atoms with Crippen LogP contribution in [0.25, 0.3) is 0 Å². The zero-order valence-corrected chi connectivity index (χ0v) is 11.1. The molecule has 0 bridgehead atoms. The maximum Gasteiger partial charge on any atom is 0.0659 e. The fourth-order valence-corrected chi connectivity index (χ4v) is 2.16. The Bertz CT molecular complexity index is 462. The average molecular weight is 243 g/mol. The molecule has 2 aromatic rings. The molecule has 0 radical (unpaired) electrons. The van der Waals surface area contributed by atoms with E-state index in [1.54, 1.807) is 0 Å². The number of hydrogen-bond acceptors (Lipinski definition) is 2. The summed E-state index contributed by atoms with van der Waals surface area (Å²) in [4.78, 5) is 0. The summed E-state index contributed by atoms with van der Waals surface area (Å²) in [5, 5.41) is 7.91. The van der Waals surface area contributed by atoms with Gasteiger partial charge in [-0.2, -0.15) is 5.10 Å². The lowest BCUT2D eigenvalue weighted by atomic mass is 10.1. The summed E-state index contributed by atoms with van der Waals surface area (Å²) >= 11 is 0. The van der Waals surface area contributed by atoms with Gasteiger partial charge in [0.25, 0.3) is 0 Å². The van der Waals surface area contributed by atoms with Crippen molar-refractivity contribution in [1.82, 2.24) is 15.1 Å². The van der Waals surface area contributed by atoms with Crippen molar-refractivity contribution < 1.29 is 0 Å². The molecule has 3 heteroatoms. The van der Waals surface area contributed by atoms with E-state index in [0.29, 0.717) is 6.04 Å². The van der Waals surface area contributed by atoms with Crippen LogP contribution in [0.2, 0.25) is 0 Å². The average Bonchev–Trinajstić information content (AvgIpc) is 2.85. The van der Waals surface area contributed by atoms with Gasteiger partial charge in [0.1, 0.15) is 0 Å². The van der Waals surface area contributed by atoms with Gasteiger partial charge in [0.2, 0.25) is 0 Å². The summed E-state index contributed by atoms with van der Waals surface area (Å²) in [6.45, 7) is 6.16. The highest BCUT2D eigenvalue weighted by molar-refractivity contribution is 5.16. The van der Waals surface area contributed by atoms with Crippen molar-refractivity contribution >= 4 is 0 Å². The molecule has 1 aromatic carbocycles. The van der Waals surface area contributed by atoms with Gasteiger partial charge < -0.3 is 5.32 Å². The minimum absolute atomic E-state index is 0.416. The Balaban J connectivity index is 2.06. The Morgan fingerprint density at radius 1 is 1.22 bits per heavy atom. The van der Waals surface area contributed by atoms with Crippen LogP contribution in [0.3, 0.4) is 0 Å². The highest BCUT2D eigenvalue weighted by Crippen LogP contribution is 2.15. The van der Waals surface area contributed by atoms with Crippen LogP contribution in [-0.4, -0.2) is 16.3 Å². The van der Waals surface area contributed by atoms with Gasteiger partial charge in [-0.15, -0.1) is 0 Å². The molecule has 0 spiro atoms. The molecule has 1 heterocycles. The molecule has 2 rings (SSSR count). The molecule has 96 valence electrons. The van der Waals surface area contributed by atoms with Gasteiger partial charge in [-0.25, -0.2) is 0 Å². The van der Waals surface area contributed by atoms with E-state index < -0.39 is 0 Å². The van der Waals surface area contributed by atoms with Crippen molar-refractivity contribution in [1.29, 1.82) is 0 Å². The summed E-state index contributed by atoms with van der Waals surface area (Å²) < 4.78 is 2.00. The van der Waals surface area contributed by atoms with E-state index in [0.717, 1.165) is 19.5 Å². The summed E-state index contributed by atoms with van der Waals surface area (Å²) in [5.74, 6) is 0. The molecule has 0 amide bonds. The van der Waals surface area contributed by atoms with Crippen molar-refractivity contribution in [3.8, 4) is 0 Å². The number of rotatable bonds is 6. The minimum Gasteiger partial charge on any atom is -0.310 e. The number of aromatic nitrogens is 2. The van der Waals surface area contributed by atoms with Crippen LogP contribution in [0.1, 0.15) is 37.4 Å². The second-order valence-corrected chi connectivity index (χ2v) is 4.48. The highest BCUT2D eigenvalue weighted by atomic mass is 15.3. The Morgan fingerprint density at radius 2 is 2.00 bits per heavy atom. The molecule has 1 unspecified atom stereocenters. The standard InChI is InChI=1S/C15H21N3/c1-3-15(16-4-2)14-10-17-18(12-14)11-13-8-6-5-7-9-13/h5-10,12,15-16H,3-4,11H2,1-2H3. The van der Waals surface area contributed by atoms with Crippen molar-refractivity contribution in [2.75, 3.05) is 6.54 Å². The van der Waals surface area contributed by atoms with Crippen LogP contribution in [0.15, 0.2) is 42.7 Å². The molecule has 0 aliphatic rings. The fraction of sp³-hybridized carbons (Fsp3) is 0.400. The first kappa shape index (κ1) is 12.8. The van der Waals surface area contributed by atoms with E-state index in [2.05, 4.69) is 54.7 Å². The second-order valence-electron chi connectivity index (χ2n) is 4.48. The van der Waals surface area contributed by atoms with Crippen LogP contribution >= 0.6 is 0 Å². The Labute approximate surface area is 109 Å². The largest absolute Gasteiger partial charge is 0.310 e. The van der Waals surface area contributed by atoms with E-state index in [-0.39, 0.29) is 0 Å². The second kappa shape index (κ2) is 6.36. The SMILES string of the molecule is CCNC(CC)c1cnn(Cc2ccccc2)c1. The molecule has 0 fully saturated rings. The molecule has 1 aromatic heterocycles. The summed E-state index contributed by atoms with van der Waals surface area (Å²) in [6, 6.07) is 10.8. The van der Waals surface area contributed by atoms with Gasteiger partial charge in [0.05, 0.1) is 12.7 Å². The van der Waals surface area contributed by atoms with Crippen molar-refractivity contribution in [2.24, 2.45) is 0 Å². The molecule has 1 atom stereocenters. The molecule has 0 aliphatic carbocycles. The third-order valence-corrected chi connectivity index (χ3v) is 3.10. The molecule has 1 N–H and O–H groups in total. The van der Waals surface area contributed by atoms with E-state index in [9.17, 15) is 0 Å². The van der Waals surface area contributed by atoms with E-state index >= 15 is 0 Å². The first-order chi connectivity index (χ1) is 8.83. The number of benzene rings is 1. The third-order valence-electron chi connectivity index (χ3n) is 3.10. The Kier molecular flexibility index (Phi) is 4.53. The van der Waals surface area contributed by atoms with Crippen molar-refractivity contribution in [3.05, 3.63) is 53.9 Å². The highest BCUT2D eigenvalue weighted by Gasteiger charge is 2.09. The maximum atomic E-state index is 4.44. The van der Waals surface area contributed by atoms with Crippen molar-refractivity contribution in [2.45, 2.75) is 32.9 Å². The zero-order chi connectivity index (χ0) is 12.8. The van der Waals surface area contributed by atoms with Crippen LogP contribution < -0.4 is 5.32 Å². The first-order valence-corrected chi connectivity index (χ1v) is 6.63. The summed E-state index contributed by atoms with van der Waals surface area (Å²) in [7, 11) is 0. The van der Waals surface area contributed by atoms with Crippen LogP contribution in [0.4, 0.5) is 0 Å². The Hall–Kier alpha value is -1.61. The number of hydrogen-bond donors (Lipinski definition) is 1. The Morgan fingerprint density at radius 3 is 2.67 bits per heavy atom. The predicted molar refractivity (Wildman–Crippen MR) is 74.5 cm³/mol. The maximum absolute atomic E-state index is 4.44. The lowest BCUT2D eigenvalue weighted by molar-refractivity contribution is 0.536. The first-order valence-electron chi connectivity index (χ1n) is 6.63. The van der Waals surface area contributed by atoms with Crippen LogP contribution in [0, 0.1) is 0 Å². The van der Waals surface area contributed by atoms with E-state index in [1.807, 2.05) is 16.9 Å². The molecule has 0 aliphatic heterocycles. The summed E-state index contributed by atoms with van der Waals surface area (Å²) in [5.41, 5.74) is 2.55. The molecule has 0 saturated carbocycles. The number of nitrogens with zero attached hydrogens (tertiary/aromatic N) is 2. The lowest BCUT2D eigenvalue weighted by Crippen LogP contribution is -2.19. The topological polar surface area (TPSA) is 29.9 Å². The monoisotopic (exact) mass is 243 g/mol. The quantitative estimate of drug-likeness (QED) is 0.845. The predicted octanol–water partition coefficient (Wildman–Crippen LogP) is 2.99. The van der Waals surface area contributed by atoms with Crippen LogP contribution in [-0.2, 0) is 6.54 Å². The molecule has 0 saturated heterocycles. The van der Waals surface area contributed by atoms with Gasteiger partial charge in [-0.3, -0.25) is 4.68 Å². The molecular formula is C15H21N3. The van der Waals surface area contributed by atoms with E-state index in [4.69, 9.17) is 0 Å². The fourth-order valence-electron chi connectivity index (χ4n) is 2.16. The van der Waals surface area contributed by atoms with Gasteiger partial charge in [-0.1, -0.05) is 44.2 Å². The zero-order valence-electron chi connectivity index (χ0n) is 11.1. The molecule has 18 heavy (non-hydrogen) atoms. The lowest BCUT2D eigenvalue weighted by Gasteiger charge is -2.13. The summed E-state index contributed by atoms with van der Waals surface area (Å²) in [6.07, 6.45) is 5.20. The van der Waals surface area contributed by atoms with E-state index in [1.165, 1.54) is 11.1 Å². The molecular weight excluding hydrogens is 222 g/mol. The van der Waals surface area contributed by atoms with Gasteiger partial charge in [0.15, 0.2) is 0 Å².